The first-order valence-corrected chi connectivity index (χ1v) is 8.94. The molecule has 1 N–H and O–H groups in total. The molecule has 1 aromatic heterocycles. The number of hydrogen-bond acceptors (Lipinski definition) is 4. The summed E-state index contributed by atoms with van der Waals surface area (Å²) < 4.78 is 5.21. The minimum atomic E-state index is -0.350. The molecule has 0 saturated carbocycles. The second kappa shape index (κ2) is 7.29. The third-order valence-corrected chi connectivity index (χ3v) is 4.81. The van der Waals surface area contributed by atoms with Gasteiger partial charge in [0.1, 0.15) is 11.9 Å². The van der Waals surface area contributed by atoms with E-state index in [1.807, 2.05) is 54.6 Å². The standard InChI is InChI=1S/C21H18ClN3O2/c1-27-17-10-4-14(5-11-17)13-25-20(24-16-8-6-15(22)7-9-16)19-18(21(25)26)3-2-12-23-19/h2-12,20,24H,13H2,1H3/t20-/m1/s1. The highest BCUT2D eigenvalue weighted by Crippen LogP contribution is 2.34. The van der Waals surface area contributed by atoms with Crippen molar-refractivity contribution in [3.63, 3.8) is 0 Å². The van der Waals surface area contributed by atoms with E-state index in [0.717, 1.165) is 22.7 Å². The molecule has 6 heteroatoms. The predicted octanol–water partition coefficient (Wildman–Crippen LogP) is 4.51. The van der Waals surface area contributed by atoms with Gasteiger partial charge in [-0.2, -0.15) is 0 Å². The number of carbonyl (C=O) groups is 1. The number of carbonyl (C=O) groups excluding carboxylic acids is 1. The minimum absolute atomic E-state index is 0.0413. The lowest BCUT2D eigenvalue weighted by molar-refractivity contribution is 0.0728. The van der Waals surface area contributed by atoms with Gasteiger partial charge in [0.15, 0.2) is 0 Å². The first kappa shape index (κ1) is 17.4. The van der Waals surface area contributed by atoms with E-state index in [9.17, 15) is 4.79 Å². The van der Waals surface area contributed by atoms with E-state index >= 15 is 0 Å². The highest BCUT2D eigenvalue weighted by molar-refractivity contribution is 6.30. The number of ether oxygens (including phenoxy) is 1. The van der Waals surface area contributed by atoms with E-state index in [4.69, 9.17) is 16.3 Å². The average molecular weight is 380 g/mol. The van der Waals surface area contributed by atoms with Gasteiger partial charge in [0, 0.05) is 23.5 Å². The number of anilines is 1. The van der Waals surface area contributed by atoms with Crippen LogP contribution in [-0.2, 0) is 6.54 Å². The maximum Gasteiger partial charge on any atom is 0.258 e. The zero-order valence-corrected chi connectivity index (χ0v) is 15.5. The van der Waals surface area contributed by atoms with Gasteiger partial charge in [0.05, 0.1) is 18.4 Å². The number of nitrogens with one attached hydrogen (secondary N) is 1. The molecular weight excluding hydrogens is 362 g/mol. The highest BCUT2D eigenvalue weighted by atomic mass is 35.5. The second-order valence-electron chi connectivity index (χ2n) is 6.27. The summed E-state index contributed by atoms with van der Waals surface area (Å²) in [4.78, 5) is 19.2. The Morgan fingerprint density at radius 2 is 1.85 bits per heavy atom. The van der Waals surface area contributed by atoms with Crippen molar-refractivity contribution in [3.05, 3.63) is 88.7 Å². The molecule has 3 aromatic rings. The molecule has 5 nitrogen and oxygen atoms in total. The zero-order valence-electron chi connectivity index (χ0n) is 14.7. The molecular formula is C21H18ClN3O2. The summed E-state index contributed by atoms with van der Waals surface area (Å²) in [5.74, 6) is 0.743. The van der Waals surface area contributed by atoms with Gasteiger partial charge in [-0.05, 0) is 54.1 Å². The van der Waals surface area contributed by atoms with Crippen LogP contribution in [0.15, 0.2) is 66.9 Å². The van der Waals surface area contributed by atoms with Gasteiger partial charge >= 0.3 is 0 Å². The average Bonchev–Trinajstić information content (AvgIpc) is 2.96. The maximum absolute atomic E-state index is 13.0. The third kappa shape index (κ3) is 3.46. The van der Waals surface area contributed by atoms with Gasteiger partial charge in [-0.3, -0.25) is 9.78 Å². The molecule has 0 aliphatic carbocycles. The molecule has 1 amide bonds. The lowest BCUT2D eigenvalue weighted by atomic mass is 10.2. The molecule has 2 aromatic carbocycles. The molecule has 0 bridgehead atoms. The second-order valence-corrected chi connectivity index (χ2v) is 6.71. The lowest BCUT2D eigenvalue weighted by Gasteiger charge is -2.26. The fourth-order valence-corrected chi connectivity index (χ4v) is 3.30. The van der Waals surface area contributed by atoms with Crippen molar-refractivity contribution in [1.29, 1.82) is 0 Å². The van der Waals surface area contributed by atoms with Gasteiger partial charge < -0.3 is 15.0 Å². The van der Waals surface area contributed by atoms with Crippen LogP contribution in [0.5, 0.6) is 5.75 Å². The van der Waals surface area contributed by atoms with E-state index in [1.165, 1.54) is 0 Å². The van der Waals surface area contributed by atoms with E-state index in [-0.39, 0.29) is 12.1 Å². The molecule has 27 heavy (non-hydrogen) atoms. The normalized spacial score (nSPS) is 15.6. The number of rotatable bonds is 5. The number of aromatic nitrogens is 1. The molecule has 136 valence electrons. The van der Waals surface area contributed by atoms with Crippen LogP contribution in [0.2, 0.25) is 5.02 Å². The smallest absolute Gasteiger partial charge is 0.258 e. The van der Waals surface area contributed by atoms with Crippen molar-refractivity contribution in [3.8, 4) is 5.75 Å². The highest BCUT2D eigenvalue weighted by Gasteiger charge is 2.37. The molecule has 4 rings (SSSR count). The SMILES string of the molecule is COc1ccc(CN2C(=O)c3cccnc3[C@@H]2Nc2ccc(Cl)cc2)cc1. The Labute approximate surface area is 162 Å². The zero-order chi connectivity index (χ0) is 18.8. The van der Waals surface area contributed by atoms with Crippen LogP contribution in [0.4, 0.5) is 5.69 Å². The molecule has 1 atom stereocenters. The van der Waals surface area contributed by atoms with Gasteiger partial charge in [0.2, 0.25) is 0 Å². The first-order valence-electron chi connectivity index (χ1n) is 8.56. The largest absolute Gasteiger partial charge is 0.497 e. The van der Waals surface area contributed by atoms with Gasteiger partial charge in [-0.1, -0.05) is 23.7 Å². The molecule has 0 fully saturated rings. The molecule has 0 radical (unpaired) electrons. The summed E-state index contributed by atoms with van der Waals surface area (Å²) in [6.07, 6.45) is 1.36. The Balaban J connectivity index is 1.65. The van der Waals surface area contributed by atoms with Crippen LogP contribution in [0, 0.1) is 0 Å². The van der Waals surface area contributed by atoms with Gasteiger partial charge in [-0.25, -0.2) is 0 Å². The number of halogens is 1. The van der Waals surface area contributed by atoms with Crippen LogP contribution < -0.4 is 10.1 Å². The summed E-state index contributed by atoms with van der Waals surface area (Å²) >= 11 is 5.98. The fourth-order valence-electron chi connectivity index (χ4n) is 3.18. The third-order valence-electron chi connectivity index (χ3n) is 4.56. The Morgan fingerprint density at radius 1 is 1.11 bits per heavy atom. The van der Waals surface area contributed by atoms with Crippen molar-refractivity contribution < 1.29 is 9.53 Å². The predicted molar refractivity (Wildman–Crippen MR) is 105 cm³/mol. The van der Waals surface area contributed by atoms with Crippen molar-refractivity contribution in [2.24, 2.45) is 0 Å². The molecule has 0 saturated heterocycles. The van der Waals surface area contributed by atoms with Gasteiger partial charge in [0.25, 0.3) is 5.91 Å². The number of benzene rings is 2. The monoisotopic (exact) mass is 379 g/mol. The van der Waals surface area contributed by atoms with Crippen LogP contribution >= 0.6 is 11.6 Å². The number of pyridine rings is 1. The number of nitrogens with zero attached hydrogens (tertiary/aromatic N) is 2. The molecule has 1 aliphatic rings. The van der Waals surface area contributed by atoms with E-state index in [2.05, 4.69) is 10.3 Å². The minimum Gasteiger partial charge on any atom is -0.497 e. The van der Waals surface area contributed by atoms with Crippen molar-refractivity contribution in [2.45, 2.75) is 12.7 Å². The van der Waals surface area contributed by atoms with Crippen molar-refractivity contribution >= 4 is 23.2 Å². The topological polar surface area (TPSA) is 54.5 Å². The summed E-state index contributed by atoms with van der Waals surface area (Å²) in [5.41, 5.74) is 3.23. The first-order chi connectivity index (χ1) is 13.2. The maximum atomic E-state index is 13.0. The van der Waals surface area contributed by atoms with Gasteiger partial charge in [-0.15, -0.1) is 0 Å². The Kier molecular flexibility index (Phi) is 4.69. The number of fused-ring (bicyclic) bond motifs is 1. The Morgan fingerprint density at radius 3 is 2.56 bits per heavy atom. The van der Waals surface area contributed by atoms with E-state index in [1.54, 1.807) is 24.3 Å². The molecule has 0 spiro atoms. The van der Waals surface area contributed by atoms with Crippen molar-refractivity contribution in [2.75, 3.05) is 12.4 Å². The van der Waals surface area contributed by atoms with Crippen LogP contribution in [0.25, 0.3) is 0 Å². The lowest BCUT2D eigenvalue weighted by Crippen LogP contribution is -2.32. The summed E-state index contributed by atoms with van der Waals surface area (Å²) in [6.45, 7) is 0.463. The van der Waals surface area contributed by atoms with E-state index in [0.29, 0.717) is 17.1 Å². The fraction of sp³-hybridized carbons (Fsp3) is 0.143. The van der Waals surface area contributed by atoms with E-state index < -0.39 is 0 Å². The van der Waals surface area contributed by atoms with Crippen LogP contribution in [-0.4, -0.2) is 22.9 Å². The van der Waals surface area contributed by atoms with Crippen molar-refractivity contribution in [1.82, 2.24) is 9.88 Å². The number of methoxy groups -OCH3 is 1. The quantitative estimate of drug-likeness (QED) is 0.708. The summed E-state index contributed by atoms with van der Waals surface area (Å²) in [5, 5.41) is 4.07. The summed E-state index contributed by atoms with van der Waals surface area (Å²) in [7, 11) is 1.63. The molecule has 2 heterocycles. The Bertz CT molecular complexity index is 958. The Hall–Kier alpha value is -3.05. The number of hydrogen-bond donors (Lipinski definition) is 1. The number of amides is 1. The molecule has 0 unspecified atom stereocenters. The molecule has 1 aliphatic heterocycles. The van der Waals surface area contributed by atoms with Crippen LogP contribution in [0.3, 0.4) is 0 Å². The summed E-state index contributed by atoms with van der Waals surface area (Å²) in [6, 6.07) is 18.7. The van der Waals surface area contributed by atoms with Crippen LogP contribution in [0.1, 0.15) is 27.8 Å².